The van der Waals surface area contributed by atoms with Crippen LogP contribution in [-0.2, 0) is 11.3 Å². The van der Waals surface area contributed by atoms with Crippen molar-refractivity contribution in [3.05, 3.63) is 35.9 Å². The second-order valence-corrected chi connectivity index (χ2v) is 8.45. The molecule has 0 radical (unpaired) electrons. The maximum Gasteiger partial charge on any atom is 0.0603 e. The minimum absolute atomic E-state index is 0.444. The summed E-state index contributed by atoms with van der Waals surface area (Å²) in [6, 6.07) is 10.7. The van der Waals surface area contributed by atoms with Crippen LogP contribution in [0, 0.1) is 17.3 Å². The van der Waals surface area contributed by atoms with Gasteiger partial charge < -0.3 is 10.1 Å². The average Bonchev–Trinajstić information content (AvgIpc) is 2.58. The van der Waals surface area contributed by atoms with Crippen molar-refractivity contribution in [2.24, 2.45) is 17.3 Å². The third kappa shape index (κ3) is 6.22. The van der Waals surface area contributed by atoms with Crippen molar-refractivity contribution < 1.29 is 4.74 Å². The van der Waals surface area contributed by atoms with E-state index in [0.717, 1.165) is 25.6 Å². The van der Waals surface area contributed by atoms with Crippen molar-refractivity contribution in [2.45, 2.75) is 72.4 Å². The minimum atomic E-state index is 0.444. The molecule has 24 heavy (non-hydrogen) atoms. The lowest BCUT2D eigenvalue weighted by atomic mass is 9.69. The van der Waals surface area contributed by atoms with E-state index in [1.807, 2.05) is 0 Å². The Morgan fingerprint density at radius 1 is 1.12 bits per heavy atom. The topological polar surface area (TPSA) is 21.3 Å². The Bertz CT molecular complexity index is 456. The van der Waals surface area contributed by atoms with Gasteiger partial charge in [-0.25, -0.2) is 0 Å². The van der Waals surface area contributed by atoms with Gasteiger partial charge in [0.15, 0.2) is 0 Å². The zero-order valence-corrected chi connectivity index (χ0v) is 16.2. The smallest absolute Gasteiger partial charge is 0.0603 e. The molecule has 1 aromatic carbocycles. The minimum Gasteiger partial charge on any atom is -0.378 e. The van der Waals surface area contributed by atoms with Crippen molar-refractivity contribution in [1.82, 2.24) is 5.32 Å². The van der Waals surface area contributed by atoms with Gasteiger partial charge in [-0.2, -0.15) is 0 Å². The Kier molecular flexibility index (Phi) is 7.77. The molecule has 0 unspecified atom stereocenters. The Morgan fingerprint density at radius 3 is 2.54 bits per heavy atom. The second kappa shape index (κ2) is 9.58. The third-order valence-electron chi connectivity index (χ3n) is 5.60. The summed E-state index contributed by atoms with van der Waals surface area (Å²) in [5.74, 6) is 1.42. The van der Waals surface area contributed by atoms with Crippen molar-refractivity contribution >= 4 is 0 Å². The normalized spacial score (nSPS) is 24.7. The van der Waals surface area contributed by atoms with Gasteiger partial charge in [-0.3, -0.25) is 0 Å². The van der Waals surface area contributed by atoms with Gasteiger partial charge in [-0.1, -0.05) is 64.4 Å². The lowest BCUT2D eigenvalue weighted by Crippen LogP contribution is -2.39. The van der Waals surface area contributed by atoms with Crippen LogP contribution in [0.2, 0.25) is 0 Å². The predicted octanol–water partition coefficient (Wildman–Crippen LogP) is 5.42. The highest BCUT2D eigenvalue weighted by molar-refractivity contribution is 5.14. The van der Waals surface area contributed by atoms with Gasteiger partial charge in [0.25, 0.3) is 0 Å². The van der Waals surface area contributed by atoms with Gasteiger partial charge >= 0.3 is 0 Å². The highest BCUT2D eigenvalue weighted by Crippen LogP contribution is 2.43. The molecule has 2 rings (SSSR count). The summed E-state index contributed by atoms with van der Waals surface area (Å²) in [6.45, 7) is 12.3. The van der Waals surface area contributed by atoms with E-state index >= 15 is 0 Å². The summed E-state index contributed by atoms with van der Waals surface area (Å²) >= 11 is 0. The molecule has 0 aliphatic carbocycles. The van der Waals surface area contributed by atoms with Crippen molar-refractivity contribution in [1.29, 1.82) is 0 Å². The quantitative estimate of drug-likeness (QED) is 0.610. The largest absolute Gasteiger partial charge is 0.378 e. The molecule has 2 heteroatoms. The fourth-order valence-electron chi connectivity index (χ4n) is 3.80. The van der Waals surface area contributed by atoms with Crippen LogP contribution in [0.15, 0.2) is 30.3 Å². The molecule has 1 saturated heterocycles. The number of benzene rings is 1. The van der Waals surface area contributed by atoms with E-state index in [4.69, 9.17) is 4.74 Å². The number of hydrogen-bond acceptors (Lipinski definition) is 2. The Morgan fingerprint density at radius 2 is 1.88 bits per heavy atom. The number of nitrogens with one attached hydrogen (secondary N) is 1. The van der Waals surface area contributed by atoms with Gasteiger partial charge in [0.1, 0.15) is 0 Å². The molecule has 1 N–H and O–H groups in total. The fourth-order valence-corrected chi connectivity index (χ4v) is 3.80. The van der Waals surface area contributed by atoms with Crippen LogP contribution < -0.4 is 5.32 Å². The van der Waals surface area contributed by atoms with Crippen LogP contribution in [-0.4, -0.2) is 19.3 Å². The van der Waals surface area contributed by atoms with Gasteiger partial charge in [0.2, 0.25) is 0 Å². The molecule has 2 nitrogen and oxygen atoms in total. The van der Waals surface area contributed by atoms with E-state index in [1.165, 1.54) is 37.7 Å². The fraction of sp³-hybridized carbons (Fsp3) is 0.727. The average molecular weight is 332 g/mol. The van der Waals surface area contributed by atoms with E-state index in [2.05, 4.69) is 63.3 Å². The van der Waals surface area contributed by atoms with E-state index in [1.54, 1.807) is 0 Å². The Hall–Kier alpha value is -0.860. The first kappa shape index (κ1) is 19.5. The molecule has 1 aliphatic heterocycles. The molecular formula is C22H37NO. The maximum absolute atomic E-state index is 6.06. The first-order chi connectivity index (χ1) is 11.5. The van der Waals surface area contributed by atoms with Gasteiger partial charge in [0, 0.05) is 13.2 Å². The molecule has 0 saturated carbocycles. The predicted molar refractivity (Wildman–Crippen MR) is 103 cm³/mol. The monoisotopic (exact) mass is 331 g/mol. The maximum atomic E-state index is 6.06. The SMILES string of the molecule is CC(C)CC[C@@]1(CCNCc2ccccc2)CCO[C@H](C(C)C)C1. The number of hydrogen-bond donors (Lipinski definition) is 1. The summed E-state index contributed by atoms with van der Waals surface area (Å²) in [5.41, 5.74) is 1.85. The van der Waals surface area contributed by atoms with Crippen LogP contribution in [0.1, 0.15) is 65.4 Å². The first-order valence-electron chi connectivity index (χ1n) is 9.87. The number of rotatable bonds is 9. The Balaban J connectivity index is 1.88. The molecule has 1 heterocycles. The zero-order valence-electron chi connectivity index (χ0n) is 16.2. The van der Waals surface area contributed by atoms with E-state index in [0.29, 0.717) is 17.4 Å². The molecule has 0 spiro atoms. The summed E-state index contributed by atoms with van der Waals surface area (Å²) < 4.78 is 6.06. The van der Waals surface area contributed by atoms with E-state index in [9.17, 15) is 0 Å². The standard InChI is InChI=1S/C22H37NO/c1-18(2)10-11-22(13-15-24-21(16-22)19(3)4)12-14-23-17-20-8-6-5-7-9-20/h5-9,18-19,21,23H,10-17H2,1-4H3/t21-,22+/m0/s1. The first-order valence-corrected chi connectivity index (χ1v) is 9.87. The van der Waals surface area contributed by atoms with Crippen LogP contribution in [0.5, 0.6) is 0 Å². The molecular weight excluding hydrogens is 294 g/mol. The van der Waals surface area contributed by atoms with Crippen molar-refractivity contribution in [2.75, 3.05) is 13.2 Å². The molecule has 136 valence electrons. The highest BCUT2D eigenvalue weighted by atomic mass is 16.5. The van der Waals surface area contributed by atoms with E-state index in [-0.39, 0.29) is 0 Å². The van der Waals surface area contributed by atoms with Crippen molar-refractivity contribution in [3.8, 4) is 0 Å². The number of ether oxygens (including phenoxy) is 1. The molecule has 0 bridgehead atoms. The summed E-state index contributed by atoms with van der Waals surface area (Å²) in [4.78, 5) is 0. The molecule has 0 amide bonds. The lowest BCUT2D eigenvalue weighted by Gasteiger charge is -2.43. The summed E-state index contributed by atoms with van der Waals surface area (Å²) in [5, 5.41) is 3.66. The molecule has 1 aromatic rings. The second-order valence-electron chi connectivity index (χ2n) is 8.45. The molecule has 1 aliphatic rings. The highest BCUT2D eigenvalue weighted by Gasteiger charge is 2.37. The third-order valence-corrected chi connectivity index (χ3v) is 5.60. The summed E-state index contributed by atoms with van der Waals surface area (Å²) in [6.07, 6.45) is 6.88. The van der Waals surface area contributed by atoms with Crippen LogP contribution >= 0.6 is 0 Å². The van der Waals surface area contributed by atoms with Crippen LogP contribution in [0.4, 0.5) is 0 Å². The van der Waals surface area contributed by atoms with Gasteiger partial charge in [0.05, 0.1) is 6.10 Å². The van der Waals surface area contributed by atoms with Crippen molar-refractivity contribution in [3.63, 3.8) is 0 Å². The van der Waals surface area contributed by atoms with Gasteiger partial charge in [-0.05, 0) is 55.0 Å². The van der Waals surface area contributed by atoms with Crippen LogP contribution in [0.25, 0.3) is 0 Å². The Labute approximate surface area is 149 Å². The lowest BCUT2D eigenvalue weighted by molar-refractivity contribution is -0.0761. The summed E-state index contributed by atoms with van der Waals surface area (Å²) in [7, 11) is 0. The molecule has 1 fully saturated rings. The van der Waals surface area contributed by atoms with E-state index < -0.39 is 0 Å². The zero-order chi connectivity index (χ0) is 17.4. The molecule has 0 aromatic heterocycles. The van der Waals surface area contributed by atoms with Gasteiger partial charge in [-0.15, -0.1) is 0 Å². The van der Waals surface area contributed by atoms with Crippen LogP contribution in [0.3, 0.4) is 0 Å². The molecule has 2 atom stereocenters.